The van der Waals surface area contributed by atoms with Crippen LogP contribution < -0.4 is 5.56 Å². The topological polar surface area (TPSA) is 45.8 Å². The Morgan fingerprint density at radius 3 is 2.94 bits per heavy atom. The first-order valence-electron chi connectivity index (χ1n) is 6.16. The molecular formula is C12H16N2OS2. The molecule has 1 N–H and O–H groups in total. The second-order valence-corrected chi connectivity index (χ2v) is 6.98. The summed E-state index contributed by atoms with van der Waals surface area (Å²) in [5.74, 6) is 4.37. The molecule has 0 saturated carbocycles. The van der Waals surface area contributed by atoms with Crippen molar-refractivity contribution in [3.05, 3.63) is 27.4 Å². The van der Waals surface area contributed by atoms with E-state index in [1.54, 1.807) is 0 Å². The van der Waals surface area contributed by atoms with Crippen LogP contribution >= 0.6 is 23.5 Å². The van der Waals surface area contributed by atoms with E-state index in [-0.39, 0.29) is 5.56 Å². The lowest BCUT2D eigenvalue weighted by atomic mass is 9.97. The largest absolute Gasteiger partial charge is 0.309 e. The lowest BCUT2D eigenvalue weighted by Gasteiger charge is -2.22. The van der Waals surface area contributed by atoms with Crippen LogP contribution in [0.3, 0.4) is 0 Å². The van der Waals surface area contributed by atoms with Crippen molar-refractivity contribution >= 4 is 23.5 Å². The van der Waals surface area contributed by atoms with Crippen molar-refractivity contribution in [2.75, 3.05) is 17.3 Å². The monoisotopic (exact) mass is 268 g/mol. The summed E-state index contributed by atoms with van der Waals surface area (Å²) >= 11 is 3.88. The van der Waals surface area contributed by atoms with Crippen molar-refractivity contribution in [1.29, 1.82) is 0 Å². The highest BCUT2D eigenvalue weighted by molar-refractivity contribution is 8.06. The smallest absolute Gasteiger partial charge is 0.254 e. The van der Waals surface area contributed by atoms with E-state index in [0.717, 1.165) is 47.8 Å². The molecule has 0 radical (unpaired) electrons. The van der Waals surface area contributed by atoms with Gasteiger partial charge in [0.15, 0.2) is 0 Å². The molecule has 5 heteroatoms. The van der Waals surface area contributed by atoms with Crippen molar-refractivity contribution in [2.24, 2.45) is 0 Å². The summed E-state index contributed by atoms with van der Waals surface area (Å²) in [6, 6.07) is 0. The Bertz CT molecular complexity index is 466. The summed E-state index contributed by atoms with van der Waals surface area (Å²) in [4.78, 5) is 19.7. The molecule has 0 aromatic carbocycles. The molecule has 0 amide bonds. The van der Waals surface area contributed by atoms with Gasteiger partial charge in [0.25, 0.3) is 5.56 Å². The highest BCUT2D eigenvalue weighted by atomic mass is 32.2. The Morgan fingerprint density at radius 1 is 1.24 bits per heavy atom. The number of aryl methyl sites for hydroxylation is 1. The van der Waals surface area contributed by atoms with Gasteiger partial charge in [-0.05, 0) is 25.7 Å². The number of aromatic amines is 1. The highest BCUT2D eigenvalue weighted by Crippen LogP contribution is 2.35. The van der Waals surface area contributed by atoms with Gasteiger partial charge in [0.2, 0.25) is 0 Å². The Labute approximate surface area is 109 Å². The van der Waals surface area contributed by atoms with Crippen molar-refractivity contribution in [3.63, 3.8) is 0 Å². The summed E-state index contributed by atoms with van der Waals surface area (Å²) in [6.07, 6.45) is 4.20. The molecule has 1 aliphatic carbocycles. The molecular weight excluding hydrogens is 252 g/mol. The van der Waals surface area contributed by atoms with Gasteiger partial charge in [-0.1, -0.05) is 0 Å². The minimum Gasteiger partial charge on any atom is -0.309 e. The SMILES string of the molecule is O=c1[nH]c(C2CSCCS2)nc2c1CCCC2. The standard InChI is InChI=1S/C12H16N2OS2/c15-12-8-3-1-2-4-9(8)13-11(14-12)10-7-16-5-6-17-10/h10H,1-7H2,(H,13,14,15). The van der Waals surface area contributed by atoms with Crippen LogP contribution in [0.4, 0.5) is 0 Å². The van der Waals surface area contributed by atoms with E-state index in [2.05, 4.69) is 4.98 Å². The van der Waals surface area contributed by atoms with E-state index in [1.807, 2.05) is 23.5 Å². The molecule has 92 valence electrons. The number of rotatable bonds is 1. The molecule has 2 heterocycles. The van der Waals surface area contributed by atoms with Gasteiger partial charge in [-0.25, -0.2) is 4.98 Å². The van der Waals surface area contributed by atoms with Crippen LogP contribution in [0.1, 0.15) is 35.2 Å². The first-order chi connectivity index (χ1) is 8.34. The molecule has 3 nitrogen and oxygen atoms in total. The lowest BCUT2D eigenvalue weighted by Crippen LogP contribution is -2.24. The minimum absolute atomic E-state index is 0.112. The van der Waals surface area contributed by atoms with Crippen molar-refractivity contribution in [1.82, 2.24) is 9.97 Å². The molecule has 1 unspecified atom stereocenters. The van der Waals surface area contributed by atoms with E-state index in [0.29, 0.717) is 5.25 Å². The molecule has 0 spiro atoms. The number of nitrogens with zero attached hydrogens (tertiary/aromatic N) is 1. The number of hydrogen-bond acceptors (Lipinski definition) is 4. The molecule has 3 rings (SSSR count). The maximum absolute atomic E-state index is 12.0. The van der Waals surface area contributed by atoms with Crippen LogP contribution in [-0.2, 0) is 12.8 Å². The first kappa shape index (κ1) is 11.7. The molecule has 1 saturated heterocycles. The van der Waals surface area contributed by atoms with E-state index in [9.17, 15) is 4.79 Å². The Balaban J connectivity index is 1.95. The van der Waals surface area contributed by atoms with Gasteiger partial charge in [-0.3, -0.25) is 4.79 Å². The van der Waals surface area contributed by atoms with Crippen LogP contribution in [0.5, 0.6) is 0 Å². The third kappa shape index (κ3) is 2.40. The van der Waals surface area contributed by atoms with Gasteiger partial charge in [-0.15, -0.1) is 11.8 Å². The summed E-state index contributed by atoms with van der Waals surface area (Å²) < 4.78 is 0. The molecule has 1 aliphatic heterocycles. The van der Waals surface area contributed by atoms with Crippen molar-refractivity contribution in [3.8, 4) is 0 Å². The van der Waals surface area contributed by atoms with E-state index < -0.39 is 0 Å². The quantitative estimate of drug-likeness (QED) is 0.848. The Kier molecular flexibility index (Phi) is 3.47. The Morgan fingerprint density at radius 2 is 2.12 bits per heavy atom. The molecule has 1 aromatic rings. The molecule has 1 aromatic heterocycles. The van der Waals surface area contributed by atoms with Gasteiger partial charge >= 0.3 is 0 Å². The molecule has 0 bridgehead atoms. The van der Waals surface area contributed by atoms with Crippen LogP contribution in [0.15, 0.2) is 4.79 Å². The van der Waals surface area contributed by atoms with Gasteiger partial charge in [-0.2, -0.15) is 11.8 Å². The fourth-order valence-corrected chi connectivity index (χ4v) is 5.04. The van der Waals surface area contributed by atoms with Gasteiger partial charge in [0.1, 0.15) is 5.82 Å². The van der Waals surface area contributed by atoms with Crippen LogP contribution in [0, 0.1) is 0 Å². The van der Waals surface area contributed by atoms with Crippen LogP contribution in [0.25, 0.3) is 0 Å². The number of fused-ring (bicyclic) bond motifs is 1. The molecule has 2 aliphatic rings. The zero-order valence-electron chi connectivity index (χ0n) is 9.70. The van der Waals surface area contributed by atoms with E-state index in [4.69, 9.17) is 4.98 Å². The fraction of sp³-hybridized carbons (Fsp3) is 0.667. The number of thioether (sulfide) groups is 2. The van der Waals surface area contributed by atoms with E-state index >= 15 is 0 Å². The van der Waals surface area contributed by atoms with Crippen molar-refractivity contribution in [2.45, 2.75) is 30.9 Å². The van der Waals surface area contributed by atoms with Gasteiger partial charge in [0.05, 0.1) is 10.9 Å². The van der Waals surface area contributed by atoms with E-state index in [1.165, 1.54) is 12.2 Å². The van der Waals surface area contributed by atoms with Gasteiger partial charge < -0.3 is 4.98 Å². The minimum atomic E-state index is 0.112. The average molecular weight is 268 g/mol. The summed E-state index contributed by atoms with van der Waals surface area (Å²) in [6.45, 7) is 0. The third-order valence-corrected chi connectivity index (χ3v) is 6.09. The maximum atomic E-state index is 12.0. The predicted molar refractivity (Wildman–Crippen MR) is 74.0 cm³/mol. The predicted octanol–water partition coefficient (Wildman–Crippen LogP) is 2.17. The highest BCUT2D eigenvalue weighted by Gasteiger charge is 2.22. The number of nitrogens with one attached hydrogen (secondary N) is 1. The first-order valence-corrected chi connectivity index (χ1v) is 8.36. The fourth-order valence-electron chi connectivity index (χ4n) is 2.42. The number of aromatic nitrogens is 2. The maximum Gasteiger partial charge on any atom is 0.254 e. The van der Waals surface area contributed by atoms with Crippen LogP contribution in [0.2, 0.25) is 0 Å². The molecule has 17 heavy (non-hydrogen) atoms. The zero-order valence-corrected chi connectivity index (χ0v) is 11.3. The second-order valence-electron chi connectivity index (χ2n) is 4.52. The third-order valence-electron chi connectivity index (χ3n) is 3.33. The molecule has 1 atom stereocenters. The lowest BCUT2D eigenvalue weighted by molar-refractivity contribution is 0.647. The second kappa shape index (κ2) is 5.06. The number of H-pyrrole nitrogens is 1. The van der Waals surface area contributed by atoms with Crippen LogP contribution in [-0.4, -0.2) is 27.2 Å². The molecule has 1 fully saturated rings. The zero-order chi connectivity index (χ0) is 11.7. The normalized spacial score (nSPS) is 24.4. The van der Waals surface area contributed by atoms with Gasteiger partial charge in [0, 0.05) is 22.8 Å². The average Bonchev–Trinajstić information content (AvgIpc) is 2.40. The van der Waals surface area contributed by atoms with Crippen molar-refractivity contribution < 1.29 is 0 Å². The Hall–Kier alpha value is -0.420. The number of hydrogen-bond donors (Lipinski definition) is 1. The summed E-state index contributed by atoms with van der Waals surface area (Å²) in [7, 11) is 0. The summed E-state index contributed by atoms with van der Waals surface area (Å²) in [5.41, 5.74) is 2.11. The summed E-state index contributed by atoms with van der Waals surface area (Å²) in [5, 5.41) is 0.383.